The summed E-state index contributed by atoms with van der Waals surface area (Å²) in [6.07, 6.45) is 1.86. The van der Waals surface area contributed by atoms with E-state index in [0.717, 1.165) is 50.4 Å². The molecule has 26 heavy (non-hydrogen) atoms. The first-order valence-electron chi connectivity index (χ1n) is 9.35. The van der Waals surface area contributed by atoms with E-state index in [4.69, 9.17) is 0 Å². The van der Waals surface area contributed by atoms with E-state index in [2.05, 4.69) is 45.5 Å². The zero-order chi connectivity index (χ0) is 18.4. The van der Waals surface area contributed by atoms with Crippen molar-refractivity contribution in [2.45, 2.75) is 32.4 Å². The largest absolute Gasteiger partial charge is 0.396 e. The van der Waals surface area contributed by atoms with Gasteiger partial charge in [-0.1, -0.05) is 30.3 Å². The number of piperazine rings is 1. The molecule has 1 N–H and O–H groups in total. The van der Waals surface area contributed by atoms with Crippen LogP contribution in [0.25, 0.3) is 0 Å². The predicted octanol–water partition coefficient (Wildman–Crippen LogP) is 3.06. The number of Topliss-reactive ketones (excluding diaryl/α,β-unsaturated/α-hetero) is 1. The Morgan fingerprint density at radius 2 is 2.04 bits per heavy atom. The van der Waals surface area contributed by atoms with E-state index in [1.165, 1.54) is 22.5 Å². The molecule has 0 aliphatic carbocycles. The summed E-state index contributed by atoms with van der Waals surface area (Å²) in [7, 11) is 0. The molecule has 1 atom stereocenters. The first kappa shape index (κ1) is 19.2. The van der Waals surface area contributed by atoms with Gasteiger partial charge in [0, 0.05) is 45.4 Å². The van der Waals surface area contributed by atoms with Crippen LogP contribution in [0.15, 0.2) is 41.8 Å². The van der Waals surface area contributed by atoms with Crippen molar-refractivity contribution in [3.63, 3.8) is 0 Å². The zero-order valence-electron chi connectivity index (χ0n) is 15.4. The van der Waals surface area contributed by atoms with Crippen molar-refractivity contribution in [3.05, 3.63) is 57.8 Å². The molecule has 1 saturated heterocycles. The van der Waals surface area contributed by atoms with Gasteiger partial charge in [0.25, 0.3) is 0 Å². The lowest BCUT2D eigenvalue weighted by molar-refractivity contribution is 0.0562. The molecule has 0 spiro atoms. The predicted molar refractivity (Wildman–Crippen MR) is 107 cm³/mol. The summed E-state index contributed by atoms with van der Waals surface area (Å²) in [6, 6.07) is 13.0. The van der Waals surface area contributed by atoms with Crippen LogP contribution in [0.5, 0.6) is 0 Å². The maximum absolute atomic E-state index is 11.5. The molecule has 140 valence electrons. The lowest BCUT2D eigenvalue weighted by atomic mass is 10.1. The smallest absolute Gasteiger partial charge is 0.169 e. The number of thiophene rings is 1. The fraction of sp³-hybridized carbons (Fsp3) is 0.476. The summed E-state index contributed by atoms with van der Waals surface area (Å²) in [5, 5.41) is 11.6. The van der Waals surface area contributed by atoms with Crippen LogP contribution in [0.3, 0.4) is 0 Å². The van der Waals surface area contributed by atoms with Gasteiger partial charge in [-0.15, -0.1) is 11.3 Å². The van der Waals surface area contributed by atoms with Gasteiger partial charge in [0.15, 0.2) is 5.78 Å². The molecule has 0 radical (unpaired) electrons. The normalized spacial score (nSPS) is 18.9. The molecular weight excluding hydrogens is 344 g/mol. The van der Waals surface area contributed by atoms with Gasteiger partial charge in [0.2, 0.25) is 0 Å². The van der Waals surface area contributed by atoms with Crippen LogP contribution in [0.1, 0.15) is 34.1 Å². The molecule has 1 aliphatic rings. The lowest BCUT2D eigenvalue weighted by Crippen LogP contribution is -2.53. The molecule has 1 aromatic carbocycles. The highest BCUT2D eigenvalue weighted by atomic mass is 32.1. The third-order valence-electron chi connectivity index (χ3n) is 5.09. The van der Waals surface area contributed by atoms with Gasteiger partial charge in [-0.2, -0.15) is 0 Å². The Morgan fingerprint density at radius 3 is 2.73 bits per heavy atom. The SMILES string of the molecule is CC(=O)c1cc(CN2CCN(CCc3ccccc3)[C@@H](CCO)C2)cs1. The van der Waals surface area contributed by atoms with E-state index in [1.807, 2.05) is 6.07 Å². The molecule has 2 aromatic rings. The number of rotatable bonds is 8. The minimum absolute atomic E-state index is 0.144. The molecule has 5 heteroatoms. The van der Waals surface area contributed by atoms with Gasteiger partial charge >= 0.3 is 0 Å². The molecule has 1 fully saturated rings. The average molecular weight is 373 g/mol. The molecule has 1 aromatic heterocycles. The van der Waals surface area contributed by atoms with Crippen LogP contribution >= 0.6 is 11.3 Å². The number of carbonyl (C=O) groups excluding carboxylic acids is 1. The summed E-state index contributed by atoms with van der Waals surface area (Å²) >= 11 is 1.54. The van der Waals surface area contributed by atoms with Crippen molar-refractivity contribution >= 4 is 17.1 Å². The topological polar surface area (TPSA) is 43.8 Å². The molecule has 4 nitrogen and oxygen atoms in total. The summed E-state index contributed by atoms with van der Waals surface area (Å²) in [6.45, 7) is 6.81. The van der Waals surface area contributed by atoms with Gasteiger partial charge < -0.3 is 5.11 Å². The second-order valence-electron chi connectivity index (χ2n) is 7.05. The van der Waals surface area contributed by atoms with Crippen molar-refractivity contribution in [1.29, 1.82) is 0 Å². The Morgan fingerprint density at radius 1 is 1.23 bits per heavy atom. The summed E-state index contributed by atoms with van der Waals surface area (Å²) in [5.41, 5.74) is 2.59. The molecular formula is C21H28N2O2S. The first-order chi connectivity index (χ1) is 12.7. The fourth-order valence-corrected chi connectivity index (χ4v) is 4.44. The number of ketones is 1. The highest BCUT2D eigenvalue weighted by Gasteiger charge is 2.26. The Kier molecular flexibility index (Phi) is 6.97. The van der Waals surface area contributed by atoms with Gasteiger partial charge in [-0.25, -0.2) is 0 Å². The number of aliphatic hydroxyl groups excluding tert-OH is 1. The van der Waals surface area contributed by atoms with E-state index < -0.39 is 0 Å². The van der Waals surface area contributed by atoms with E-state index in [1.54, 1.807) is 6.92 Å². The average Bonchev–Trinajstić information content (AvgIpc) is 3.11. The van der Waals surface area contributed by atoms with Gasteiger partial charge in [-0.05, 0) is 42.3 Å². The summed E-state index contributed by atoms with van der Waals surface area (Å²) in [5.74, 6) is 0.144. The van der Waals surface area contributed by atoms with Crippen molar-refractivity contribution in [1.82, 2.24) is 9.80 Å². The highest BCUT2D eigenvalue weighted by molar-refractivity contribution is 7.12. The second kappa shape index (κ2) is 9.42. The third kappa shape index (κ3) is 5.24. The monoisotopic (exact) mass is 372 g/mol. The molecule has 0 saturated carbocycles. The van der Waals surface area contributed by atoms with Crippen molar-refractivity contribution < 1.29 is 9.90 Å². The number of carbonyl (C=O) groups is 1. The van der Waals surface area contributed by atoms with Gasteiger partial charge in [0.1, 0.15) is 0 Å². The van der Waals surface area contributed by atoms with Crippen LogP contribution < -0.4 is 0 Å². The second-order valence-corrected chi connectivity index (χ2v) is 7.96. The van der Waals surface area contributed by atoms with E-state index >= 15 is 0 Å². The van der Waals surface area contributed by atoms with E-state index in [0.29, 0.717) is 6.04 Å². The number of aliphatic hydroxyl groups is 1. The molecule has 2 heterocycles. The minimum atomic E-state index is 0.144. The maximum Gasteiger partial charge on any atom is 0.169 e. The minimum Gasteiger partial charge on any atom is -0.396 e. The highest BCUT2D eigenvalue weighted by Crippen LogP contribution is 2.20. The van der Waals surface area contributed by atoms with Crippen molar-refractivity contribution in [2.75, 3.05) is 32.8 Å². The third-order valence-corrected chi connectivity index (χ3v) is 6.17. The van der Waals surface area contributed by atoms with Gasteiger partial charge in [0.05, 0.1) is 4.88 Å². The first-order valence-corrected chi connectivity index (χ1v) is 10.2. The molecule has 0 amide bonds. The Balaban J connectivity index is 1.55. The van der Waals surface area contributed by atoms with E-state index in [-0.39, 0.29) is 12.4 Å². The fourth-order valence-electron chi connectivity index (χ4n) is 3.64. The van der Waals surface area contributed by atoms with Crippen LogP contribution in [0, 0.1) is 0 Å². The van der Waals surface area contributed by atoms with Crippen LogP contribution in [-0.4, -0.2) is 59.5 Å². The summed E-state index contributed by atoms with van der Waals surface area (Å²) < 4.78 is 0. The number of hydrogen-bond donors (Lipinski definition) is 1. The maximum atomic E-state index is 11.5. The molecule has 3 rings (SSSR count). The number of hydrogen-bond acceptors (Lipinski definition) is 5. The van der Waals surface area contributed by atoms with Gasteiger partial charge in [-0.3, -0.25) is 14.6 Å². The van der Waals surface area contributed by atoms with Crippen molar-refractivity contribution in [3.8, 4) is 0 Å². The number of benzene rings is 1. The zero-order valence-corrected chi connectivity index (χ0v) is 16.3. The Bertz CT molecular complexity index is 701. The lowest BCUT2D eigenvalue weighted by Gasteiger charge is -2.41. The quantitative estimate of drug-likeness (QED) is 0.724. The summed E-state index contributed by atoms with van der Waals surface area (Å²) in [4.78, 5) is 17.3. The molecule has 0 bridgehead atoms. The van der Waals surface area contributed by atoms with Crippen LogP contribution in [0.4, 0.5) is 0 Å². The Labute approximate surface area is 160 Å². The van der Waals surface area contributed by atoms with E-state index in [9.17, 15) is 9.90 Å². The molecule has 1 aliphatic heterocycles. The van der Waals surface area contributed by atoms with Crippen LogP contribution in [-0.2, 0) is 13.0 Å². The number of nitrogens with zero attached hydrogens (tertiary/aromatic N) is 2. The standard InChI is InChI=1S/C21H28N2O2S/c1-17(25)21-13-19(16-26-21)14-22-10-11-23(20(15-22)8-12-24)9-7-18-5-3-2-4-6-18/h2-6,13,16,20,24H,7-12,14-15H2,1H3/t20-/m0/s1. The Hall–Kier alpha value is -1.53. The molecule has 0 unspecified atom stereocenters. The van der Waals surface area contributed by atoms with Crippen molar-refractivity contribution in [2.24, 2.45) is 0 Å². The van der Waals surface area contributed by atoms with Crippen LogP contribution in [0.2, 0.25) is 0 Å².